The molecule has 0 bridgehead atoms. The molecule has 0 aliphatic rings. The Bertz CT molecular complexity index is 1370. The van der Waals surface area contributed by atoms with Gasteiger partial charge < -0.3 is 24.2 Å². The Hall–Kier alpha value is -2.82. The van der Waals surface area contributed by atoms with Crippen molar-refractivity contribution in [2.75, 3.05) is 26.4 Å². The fraction of sp³-hybridized carbons (Fsp3) is 0.768. The Labute approximate surface area is 415 Å². The highest BCUT2D eigenvalue weighted by molar-refractivity contribution is 7.47. The molecule has 0 radical (unpaired) electrons. The highest BCUT2D eigenvalue weighted by atomic mass is 31.2. The standard InChI is InChI=1S/C56H99O11P/c1-4-7-10-13-16-19-22-24-25-26-27-29-31-33-36-39-42-45-54(58)63-49-53(67-56(60)47-44-41-38-35-32-28-23-20-17-14-11-8-5-2)51-65-68(61,62)64-50-52(48-57)66-55(59)46-43-40-37-34-30-21-18-15-12-9-6-3/h8,11,15,17-18,20,24-25,28,32,52-53,57H,4-7,9-10,12-14,16,19,21-23,26-27,29-31,33-51H2,1-3H3,(H,61,62)/b11-8-,18-15-,20-17-,25-24-,32-28-. The smallest absolute Gasteiger partial charge is 0.462 e. The van der Waals surface area contributed by atoms with Crippen molar-refractivity contribution in [3.05, 3.63) is 60.8 Å². The average Bonchev–Trinajstić information content (AvgIpc) is 3.32. The van der Waals surface area contributed by atoms with Crippen LogP contribution in [0.1, 0.15) is 239 Å². The number of esters is 3. The van der Waals surface area contributed by atoms with Gasteiger partial charge in [-0.15, -0.1) is 0 Å². The normalized spacial score (nSPS) is 13.9. The lowest BCUT2D eigenvalue weighted by molar-refractivity contribution is -0.161. The number of aliphatic hydroxyl groups excluding tert-OH is 1. The third-order valence-electron chi connectivity index (χ3n) is 11.4. The predicted octanol–water partition coefficient (Wildman–Crippen LogP) is 15.6. The largest absolute Gasteiger partial charge is 0.472 e. The van der Waals surface area contributed by atoms with Gasteiger partial charge in [0.2, 0.25) is 0 Å². The van der Waals surface area contributed by atoms with E-state index < -0.39 is 57.8 Å². The number of rotatable bonds is 50. The van der Waals surface area contributed by atoms with E-state index in [1.54, 1.807) is 0 Å². The molecule has 0 rings (SSSR count). The summed E-state index contributed by atoms with van der Waals surface area (Å²) in [5.41, 5.74) is 0. The van der Waals surface area contributed by atoms with Crippen molar-refractivity contribution < 1.29 is 52.2 Å². The second kappa shape index (κ2) is 50.6. The summed E-state index contributed by atoms with van der Waals surface area (Å²) in [6.07, 6.45) is 53.4. The first-order chi connectivity index (χ1) is 33.2. The number of phosphoric ester groups is 1. The molecule has 11 nitrogen and oxygen atoms in total. The van der Waals surface area contributed by atoms with E-state index in [0.29, 0.717) is 19.3 Å². The van der Waals surface area contributed by atoms with Gasteiger partial charge >= 0.3 is 25.7 Å². The topological polar surface area (TPSA) is 155 Å². The first-order valence-corrected chi connectivity index (χ1v) is 28.7. The Balaban J connectivity index is 4.76. The molecule has 3 unspecified atom stereocenters. The maximum atomic E-state index is 12.8. The van der Waals surface area contributed by atoms with Crippen molar-refractivity contribution in [1.82, 2.24) is 0 Å². The first-order valence-electron chi connectivity index (χ1n) is 27.2. The number of hydrogen-bond donors (Lipinski definition) is 2. The molecule has 0 aromatic heterocycles. The number of allylic oxidation sites excluding steroid dienone is 10. The number of aliphatic hydroxyl groups is 1. The molecule has 0 aliphatic carbocycles. The molecule has 0 amide bonds. The minimum Gasteiger partial charge on any atom is -0.462 e. The lowest BCUT2D eigenvalue weighted by Gasteiger charge is -2.21. The Morgan fingerprint density at radius 2 is 0.779 bits per heavy atom. The Kier molecular flexibility index (Phi) is 48.5. The average molecular weight is 979 g/mol. The number of phosphoric acid groups is 1. The number of carbonyl (C=O) groups is 3. The molecule has 0 fully saturated rings. The van der Waals surface area contributed by atoms with Crippen LogP contribution in [0.4, 0.5) is 0 Å². The summed E-state index contributed by atoms with van der Waals surface area (Å²) in [5, 5.41) is 9.77. The molecule has 2 N–H and O–H groups in total. The van der Waals surface area contributed by atoms with Gasteiger partial charge in [0.25, 0.3) is 0 Å². The van der Waals surface area contributed by atoms with E-state index in [1.807, 2.05) is 0 Å². The van der Waals surface area contributed by atoms with E-state index in [0.717, 1.165) is 103 Å². The summed E-state index contributed by atoms with van der Waals surface area (Å²) in [5.74, 6) is -1.51. The monoisotopic (exact) mass is 979 g/mol. The van der Waals surface area contributed by atoms with Crippen LogP contribution in [0.25, 0.3) is 0 Å². The molecule has 0 heterocycles. The highest BCUT2D eigenvalue weighted by Gasteiger charge is 2.28. The van der Waals surface area contributed by atoms with Crippen LogP contribution in [0.2, 0.25) is 0 Å². The van der Waals surface area contributed by atoms with E-state index >= 15 is 0 Å². The summed E-state index contributed by atoms with van der Waals surface area (Å²) < 4.78 is 39.3. The van der Waals surface area contributed by atoms with Crippen LogP contribution < -0.4 is 0 Å². The van der Waals surface area contributed by atoms with Crippen molar-refractivity contribution in [2.24, 2.45) is 0 Å². The van der Waals surface area contributed by atoms with Gasteiger partial charge in [-0.2, -0.15) is 0 Å². The zero-order valence-corrected chi connectivity index (χ0v) is 44.2. The molecule has 0 saturated carbocycles. The molecular weight excluding hydrogens is 880 g/mol. The van der Waals surface area contributed by atoms with Crippen LogP contribution in [0.3, 0.4) is 0 Å². The molecule has 0 aromatic rings. The summed E-state index contributed by atoms with van der Waals surface area (Å²) in [4.78, 5) is 48.3. The van der Waals surface area contributed by atoms with Gasteiger partial charge in [-0.3, -0.25) is 23.4 Å². The number of unbranched alkanes of at least 4 members (excludes halogenated alkanes) is 23. The minimum atomic E-state index is -4.75. The van der Waals surface area contributed by atoms with Crippen molar-refractivity contribution in [3.8, 4) is 0 Å². The molecule has 0 aliphatic heterocycles. The molecule has 0 saturated heterocycles. The molecule has 0 aromatic carbocycles. The van der Waals surface area contributed by atoms with Crippen LogP contribution in [0, 0.1) is 0 Å². The highest BCUT2D eigenvalue weighted by Crippen LogP contribution is 2.43. The zero-order chi connectivity index (χ0) is 49.9. The van der Waals surface area contributed by atoms with Gasteiger partial charge in [0.05, 0.1) is 19.8 Å². The van der Waals surface area contributed by atoms with E-state index in [-0.39, 0.29) is 25.9 Å². The van der Waals surface area contributed by atoms with Crippen molar-refractivity contribution in [2.45, 2.75) is 251 Å². The SMILES string of the molecule is CC/C=C\C/C=C\C/C=C\CCCCCC(=O)OC(COC(=O)CCCCCCCCC/C=C\CCCCCCCC)COP(=O)(O)OCC(CO)OC(=O)CCCCCCC/C=C\CCCC. The van der Waals surface area contributed by atoms with E-state index in [9.17, 15) is 28.9 Å². The molecule has 394 valence electrons. The zero-order valence-electron chi connectivity index (χ0n) is 43.3. The summed E-state index contributed by atoms with van der Waals surface area (Å²) in [7, 11) is -4.75. The van der Waals surface area contributed by atoms with Crippen LogP contribution in [-0.4, -0.2) is 66.5 Å². The van der Waals surface area contributed by atoms with Crippen molar-refractivity contribution >= 4 is 25.7 Å². The van der Waals surface area contributed by atoms with Crippen LogP contribution >= 0.6 is 7.82 Å². The quantitative estimate of drug-likeness (QED) is 0.0197. The lowest BCUT2D eigenvalue weighted by atomic mass is 10.1. The fourth-order valence-corrected chi connectivity index (χ4v) is 8.01. The molecule has 0 spiro atoms. The second-order valence-corrected chi connectivity index (χ2v) is 19.5. The molecular formula is C56H99O11P. The lowest BCUT2D eigenvalue weighted by Crippen LogP contribution is -2.30. The van der Waals surface area contributed by atoms with E-state index in [2.05, 4.69) is 81.5 Å². The van der Waals surface area contributed by atoms with Gasteiger partial charge in [-0.05, 0) is 96.3 Å². The maximum absolute atomic E-state index is 12.8. The molecule has 68 heavy (non-hydrogen) atoms. The maximum Gasteiger partial charge on any atom is 0.472 e. The summed E-state index contributed by atoms with van der Waals surface area (Å²) >= 11 is 0. The van der Waals surface area contributed by atoms with Crippen molar-refractivity contribution in [3.63, 3.8) is 0 Å². The van der Waals surface area contributed by atoms with Crippen molar-refractivity contribution in [1.29, 1.82) is 0 Å². The third kappa shape index (κ3) is 48.2. The number of carbonyl (C=O) groups excluding carboxylic acids is 3. The van der Waals surface area contributed by atoms with E-state index in [1.165, 1.54) is 77.0 Å². The Morgan fingerprint density at radius 1 is 0.426 bits per heavy atom. The van der Waals surface area contributed by atoms with Gasteiger partial charge in [0.1, 0.15) is 12.7 Å². The van der Waals surface area contributed by atoms with Gasteiger partial charge in [0.15, 0.2) is 6.10 Å². The van der Waals surface area contributed by atoms with E-state index in [4.69, 9.17) is 23.3 Å². The van der Waals surface area contributed by atoms with Gasteiger partial charge in [-0.1, -0.05) is 184 Å². The minimum absolute atomic E-state index is 0.131. The molecule has 12 heteroatoms. The summed E-state index contributed by atoms with van der Waals surface area (Å²) in [6.45, 7) is 4.43. The van der Waals surface area contributed by atoms with Gasteiger partial charge in [0, 0.05) is 19.3 Å². The Morgan fingerprint density at radius 3 is 1.25 bits per heavy atom. The third-order valence-corrected chi connectivity index (χ3v) is 12.3. The van der Waals surface area contributed by atoms with Crippen LogP contribution in [0.5, 0.6) is 0 Å². The second-order valence-electron chi connectivity index (χ2n) is 18.0. The van der Waals surface area contributed by atoms with Crippen LogP contribution in [0.15, 0.2) is 60.8 Å². The number of ether oxygens (including phenoxy) is 3. The van der Waals surface area contributed by atoms with Gasteiger partial charge in [-0.25, -0.2) is 4.57 Å². The number of hydrogen-bond acceptors (Lipinski definition) is 10. The molecule has 3 atom stereocenters. The predicted molar refractivity (Wildman–Crippen MR) is 279 cm³/mol. The summed E-state index contributed by atoms with van der Waals surface area (Å²) in [6, 6.07) is 0. The van der Waals surface area contributed by atoms with Crippen LogP contribution in [-0.2, 0) is 42.2 Å². The first kappa shape index (κ1) is 65.2. The fourth-order valence-electron chi connectivity index (χ4n) is 7.23.